The van der Waals surface area contributed by atoms with Gasteiger partial charge in [-0.25, -0.2) is 14.6 Å². The predicted octanol–water partition coefficient (Wildman–Crippen LogP) is 4.22. The lowest BCUT2D eigenvalue weighted by Gasteiger charge is -2.09. The second kappa shape index (κ2) is 8.61. The first-order valence-corrected chi connectivity index (χ1v) is 9.75. The fraction of sp³-hybridized carbons (Fsp3) is 0.273. The number of nitrogens with one attached hydrogen (secondary N) is 1. The zero-order chi connectivity index (χ0) is 19.2. The van der Waals surface area contributed by atoms with Crippen molar-refractivity contribution in [3.63, 3.8) is 0 Å². The van der Waals surface area contributed by atoms with Gasteiger partial charge in [0.15, 0.2) is 17.0 Å². The maximum Gasteiger partial charge on any atom is 0.184 e. The smallest absolute Gasteiger partial charge is 0.184 e. The molecule has 1 N–H and O–H groups in total. The van der Waals surface area contributed by atoms with E-state index in [0.29, 0.717) is 18.6 Å². The highest BCUT2D eigenvalue weighted by molar-refractivity contribution is 5.82. The lowest BCUT2D eigenvalue weighted by atomic mass is 10.2. The first-order chi connectivity index (χ1) is 13.8. The summed E-state index contributed by atoms with van der Waals surface area (Å²) in [5, 5.41) is 12.2. The van der Waals surface area contributed by atoms with E-state index < -0.39 is 0 Å². The lowest BCUT2D eigenvalue weighted by Crippen LogP contribution is -2.08. The molecule has 28 heavy (non-hydrogen) atoms. The van der Waals surface area contributed by atoms with Gasteiger partial charge < -0.3 is 5.32 Å². The van der Waals surface area contributed by atoms with Crippen LogP contribution in [-0.4, -0.2) is 25.0 Å². The van der Waals surface area contributed by atoms with E-state index in [4.69, 9.17) is 9.97 Å². The van der Waals surface area contributed by atoms with Crippen LogP contribution in [0.15, 0.2) is 60.7 Å². The Hall–Kier alpha value is -3.28. The summed E-state index contributed by atoms with van der Waals surface area (Å²) in [6.07, 6.45) is 3.02. The van der Waals surface area contributed by atoms with Crippen LogP contribution >= 0.6 is 0 Å². The molecule has 0 spiro atoms. The Morgan fingerprint density at radius 3 is 2.32 bits per heavy atom. The van der Waals surface area contributed by atoms with Crippen LogP contribution in [0.4, 0.5) is 5.82 Å². The highest BCUT2D eigenvalue weighted by Gasteiger charge is 2.15. The predicted molar refractivity (Wildman–Crippen MR) is 111 cm³/mol. The third kappa shape index (κ3) is 4.17. The number of fused-ring (bicyclic) bond motifs is 1. The Morgan fingerprint density at radius 1 is 0.893 bits per heavy atom. The first kappa shape index (κ1) is 18.1. The zero-order valence-corrected chi connectivity index (χ0v) is 16.0. The molecule has 0 amide bonds. The van der Waals surface area contributed by atoms with Gasteiger partial charge in [0.25, 0.3) is 0 Å². The van der Waals surface area contributed by atoms with Gasteiger partial charge in [0.05, 0.1) is 6.54 Å². The molecule has 142 valence electrons. The largest absolute Gasteiger partial charge is 0.364 e. The van der Waals surface area contributed by atoms with E-state index in [1.165, 1.54) is 11.1 Å². The number of benzene rings is 2. The van der Waals surface area contributed by atoms with E-state index >= 15 is 0 Å². The van der Waals surface area contributed by atoms with Gasteiger partial charge in [0.1, 0.15) is 5.82 Å². The van der Waals surface area contributed by atoms with Gasteiger partial charge in [0, 0.05) is 13.0 Å². The second-order valence-corrected chi connectivity index (χ2v) is 6.84. The van der Waals surface area contributed by atoms with Gasteiger partial charge in [-0.1, -0.05) is 79.2 Å². The molecule has 6 nitrogen and oxygen atoms in total. The van der Waals surface area contributed by atoms with Crippen molar-refractivity contribution in [1.82, 2.24) is 25.0 Å². The molecular formula is C22H24N6. The van der Waals surface area contributed by atoms with Crippen molar-refractivity contribution in [2.24, 2.45) is 0 Å². The minimum absolute atomic E-state index is 0.639. The van der Waals surface area contributed by atoms with Crippen LogP contribution in [0.2, 0.25) is 0 Å². The molecule has 4 rings (SSSR count). The van der Waals surface area contributed by atoms with Crippen LogP contribution in [0, 0.1) is 0 Å². The third-order valence-electron chi connectivity index (χ3n) is 4.64. The number of unbranched alkanes of at least 4 members (excludes halogenated alkanes) is 1. The summed E-state index contributed by atoms with van der Waals surface area (Å²) < 4.78 is 1.86. The summed E-state index contributed by atoms with van der Waals surface area (Å²) in [4.78, 5) is 9.51. The maximum absolute atomic E-state index is 4.77. The molecule has 0 radical (unpaired) electrons. The second-order valence-electron chi connectivity index (χ2n) is 6.84. The standard InChI is InChI=1S/C22H24N6/c1-2-3-14-19-24-21(23-15-17-10-6-4-7-11-17)20-22(25-19)28(27-26-20)16-18-12-8-5-9-13-18/h4-13H,2-3,14-16H2,1H3,(H,23,24,25). The van der Waals surface area contributed by atoms with Crippen molar-refractivity contribution >= 4 is 17.0 Å². The first-order valence-electron chi connectivity index (χ1n) is 9.75. The highest BCUT2D eigenvalue weighted by Crippen LogP contribution is 2.20. The fourth-order valence-electron chi connectivity index (χ4n) is 3.12. The third-order valence-corrected chi connectivity index (χ3v) is 4.64. The molecule has 2 aromatic carbocycles. The average Bonchev–Trinajstić information content (AvgIpc) is 3.15. The molecule has 4 aromatic rings. The summed E-state index contributed by atoms with van der Waals surface area (Å²) in [7, 11) is 0. The monoisotopic (exact) mass is 372 g/mol. The number of anilines is 1. The van der Waals surface area contributed by atoms with Crippen molar-refractivity contribution in [2.45, 2.75) is 39.3 Å². The van der Waals surface area contributed by atoms with Crippen molar-refractivity contribution < 1.29 is 0 Å². The van der Waals surface area contributed by atoms with Crippen LogP contribution in [0.5, 0.6) is 0 Å². The molecule has 0 atom stereocenters. The molecule has 0 saturated heterocycles. The molecular weight excluding hydrogens is 348 g/mol. The SMILES string of the molecule is CCCCc1nc(NCc2ccccc2)c2nnn(Cc3ccccc3)c2n1. The van der Waals surface area contributed by atoms with Crippen LogP contribution in [0.1, 0.15) is 36.7 Å². The number of aromatic nitrogens is 5. The quantitative estimate of drug-likeness (QED) is 0.501. The molecule has 6 heteroatoms. The minimum Gasteiger partial charge on any atom is -0.364 e. The van der Waals surface area contributed by atoms with Gasteiger partial charge in [-0.2, -0.15) is 0 Å². The van der Waals surface area contributed by atoms with Crippen LogP contribution in [-0.2, 0) is 19.5 Å². The Labute approximate surface area is 164 Å². The summed E-state index contributed by atoms with van der Waals surface area (Å²) in [6.45, 7) is 3.50. The van der Waals surface area contributed by atoms with Crippen molar-refractivity contribution in [3.05, 3.63) is 77.6 Å². The fourth-order valence-corrected chi connectivity index (χ4v) is 3.12. The average molecular weight is 372 g/mol. The molecule has 0 fully saturated rings. The molecule has 0 unspecified atom stereocenters. The summed E-state index contributed by atoms with van der Waals surface area (Å²) in [5.74, 6) is 1.58. The van der Waals surface area contributed by atoms with E-state index in [2.05, 4.69) is 46.8 Å². The summed E-state index contributed by atoms with van der Waals surface area (Å²) >= 11 is 0. The molecule has 0 aliphatic heterocycles. The Kier molecular flexibility index (Phi) is 5.56. The minimum atomic E-state index is 0.639. The van der Waals surface area contributed by atoms with Gasteiger partial charge in [-0.15, -0.1) is 5.10 Å². The van der Waals surface area contributed by atoms with E-state index in [0.717, 1.165) is 36.6 Å². The molecule has 0 aliphatic carbocycles. The van der Waals surface area contributed by atoms with Gasteiger partial charge in [-0.3, -0.25) is 0 Å². The molecule has 2 aromatic heterocycles. The van der Waals surface area contributed by atoms with Crippen LogP contribution in [0.25, 0.3) is 11.2 Å². The number of rotatable bonds is 8. The number of aryl methyl sites for hydroxylation is 1. The Balaban J connectivity index is 1.66. The van der Waals surface area contributed by atoms with Crippen molar-refractivity contribution in [1.29, 1.82) is 0 Å². The normalized spacial score (nSPS) is 11.0. The van der Waals surface area contributed by atoms with E-state index in [1.54, 1.807) is 0 Å². The Morgan fingerprint density at radius 2 is 1.61 bits per heavy atom. The topological polar surface area (TPSA) is 68.5 Å². The van der Waals surface area contributed by atoms with Gasteiger partial charge in [0.2, 0.25) is 0 Å². The highest BCUT2D eigenvalue weighted by atomic mass is 15.4. The molecule has 0 aliphatic rings. The summed E-state index contributed by atoms with van der Waals surface area (Å²) in [5.41, 5.74) is 3.86. The maximum atomic E-state index is 4.77. The van der Waals surface area contributed by atoms with E-state index in [-0.39, 0.29) is 0 Å². The van der Waals surface area contributed by atoms with Gasteiger partial charge >= 0.3 is 0 Å². The van der Waals surface area contributed by atoms with Crippen LogP contribution < -0.4 is 5.32 Å². The lowest BCUT2D eigenvalue weighted by molar-refractivity contribution is 0.661. The zero-order valence-electron chi connectivity index (χ0n) is 16.0. The van der Waals surface area contributed by atoms with Crippen molar-refractivity contribution in [2.75, 3.05) is 5.32 Å². The molecule has 0 saturated carbocycles. The van der Waals surface area contributed by atoms with E-state index in [9.17, 15) is 0 Å². The molecule has 2 heterocycles. The van der Waals surface area contributed by atoms with Gasteiger partial charge in [-0.05, 0) is 17.5 Å². The van der Waals surface area contributed by atoms with Crippen molar-refractivity contribution in [3.8, 4) is 0 Å². The number of nitrogens with zero attached hydrogens (tertiary/aromatic N) is 5. The van der Waals surface area contributed by atoms with E-state index in [1.807, 2.05) is 41.1 Å². The number of hydrogen-bond donors (Lipinski definition) is 1. The molecule has 0 bridgehead atoms. The van der Waals surface area contributed by atoms with Crippen LogP contribution in [0.3, 0.4) is 0 Å². The Bertz CT molecular complexity index is 1030. The summed E-state index contributed by atoms with van der Waals surface area (Å²) in [6, 6.07) is 20.5. The number of hydrogen-bond acceptors (Lipinski definition) is 5.